The quantitative estimate of drug-likeness (QED) is 0.469. The molecule has 0 aromatic carbocycles. The van der Waals surface area contributed by atoms with Crippen molar-refractivity contribution in [1.29, 1.82) is 0 Å². The maximum atomic E-state index is 5.87. The fourth-order valence-corrected chi connectivity index (χ4v) is 3.17. The summed E-state index contributed by atoms with van der Waals surface area (Å²) in [4.78, 5) is 10.2. The van der Waals surface area contributed by atoms with Gasteiger partial charge in [-0.3, -0.25) is 4.99 Å². The fraction of sp³-hybridized carbons (Fsp3) is 0.692. The molecular weight excluding hydrogens is 371 g/mol. The van der Waals surface area contributed by atoms with Crippen LogP contribution in [0.4, 0.5) is 0 Å². The molecule has 1 aromatic rings. The Labute approximate surface area is 136 Å². The first kappa shape index (κ1) is 16.7. The number of nitrogens with two attached hydrogens (primary N) is 1. The molecular formula is C13H23IN4S. The lowest BCUT2D eigenvalue weighted by Crippen LogP contribution is -2.38. The lowest BCUT2D eigenvalue weighted by molar-refractivity contribution is 0.625. The van der Waals surface area contributed by atoms with Crippen molar-refractivity contribution < 1.29 is 0 Å². The second-order valence-electron chi connectivity index (χ2n) is 4.89. The van der Waals surface area contributed by atoms with Gasteiger partial charge in [0, 0.05) is 23.9 Å². The maximum absolute atomic E-state index is 5.87. The van der Waals surface area contributed by atoms with Gasteiger partial charge in [0.2, 0.25) is 0 Å². The zero-order chi connectivity index (χ0) is 13.0. The van der Waals surface area contributed by atoms with Crippen molar-refractivity contribution in [2.75, 3.05) is 6.54 Å². The predicted octanol–water partition coefficient (Wildman–Crippen LogP) is 2.77. The standard InChI is InChI=1S/C13H22N4S.HI/c1-9-10(2)18-12(16-9)7-8-15-13(14)17-11-5-3-4-6-11;/h11H,3-8H2,1-2H3,(H3,14,15,17);1H. The molecule has 108 valence electrons. The van der Waals surface area contributed by atoms with Gasteiger partial charge in [-0.25, -0.2) is 4.98 Å². The van der Waals surface area contributed by atoms with Crippen LogP contribution in [0.2, 0.25) is 0 Å². The zero-order valence-corrected chi connectivity index (χ0v) is 14.8. The number of halogens is 1. The molecule has 1 aliphatic carbocycles. The van der Waals surface area contributed by atoms with Crippen molar-refractivity contribution in [3.8, 4) is 0 Å². The summed E-state index contributed by atoms with van der Waals surface area (Å²) in [5.41, 5.74) is 7.01. The van der Waals surface area contributed by atoms with E-state index in [-0.39, 0.29) is 24.0 Å². The van der Waals surface area contributed by atoms with Gasteiger partial charge in [-0.2, -0.15) is 0 Å². The van der Waals surface area contributed by atoms with E-state index in [1.807, 2.05) is 0 Å². The summed E-state index contributed by atoms with van der Waals surface area (Å²) in [7, 11) is 0. The van der Waals surface area contributed by atoms with Gasteiger partial charge >= 0.3 is 0 Å². The van der Waals surface area contributed by atoms with Gasteiger partial charge in [0.1, 0.15) is 0 Å². The Morgan fingerprint density at radius 3 is 2.68 bits per heavy atom. The Kier molecular flexibility index (Phi) is 7.06. The van der Waals surface area contributed by atoms with Crippen LogP contribution in [0.25, 0.3) is 0 Å². The molecule has 0 atom stereocenters. The van der Waals surface area contributed by atoms with Crippen LogP contribution in [0.5, 0.6) is 0 Å². The van der Waals surface area contributed by atoms with Gasteiger partial charge < -0.3 is 11.1 Å². The third kappa shape index (κ3) is 5.25. The lowest BCUT2D eigenvalue weighted by atomic mass is 10.2. The predicted molar refractivity (Wildman–Crippen MR) is 92.6 cm³/mol. The highest BCUT2D eigenvalue weighted by molar-refractivity contribution is 14.0. The highest BCUT2D eigenvalue weighted by atomic mass is 127. The van der Waals surface area contributed by atoms with E-state index < -0.39 is 0 Å². The second kappa shape index (κ2) is 8.04. The van der Waals surface area contributed by atoms with Gasteiger partial charge in [-0.15, -0.1) is 35.3 Å². The van der Waals surface area contributed by atoms with Gasteiger partial charge in [-0.1, -0.05) is 12.8 Å². The summed E-state index contributed by atoms with van der Waals surface area (Å²) < 4.78 is 0. The van der Waals surface area contributed by atoms with Gasteiger partial charge in [-0.05, 0) is 26.7 Å². The molecule has 0 amide bonds. The van der Waals surface area contributed by atoms with E-state index in [1.165, 1.54) is 30.6 Å². The van der Waals surface area contributed by atoms with E-state index in [1.54, 1.807) is 11.3 Å². The number of nitrogens with one attached hydrogen (secondary N) is 1. The van der Waals surface area contributed by atoms with Crippen molar-refractivity contribution in [2.45, 2.75) is 52.0 Å². The Morgan fingerprint density at radius 2 is 2.11 bits per heavy atom. The average Bonchev–Trinajstić information content (AvgIpc) is 2.90. The highest BCUT2D eigenvalue weighted by Crippen LogP contribution is 2.18. The monoisotopic (exact) mass is 394 g/mol. The summed E-state index contributed by atoms with van der Waals surface area (Å²) in [5.74, 6) is 0.590. The van der Waals surface area contributed by atoms with Crippen LogP contribution in [0, 0.1) is 13.8 Å². The van der Waals surface area contributed by atoms with E-state index in [0.717, 1.165) is 23.7 Å². The van der Waals surface area contributed by atoms with Crippen LogP contribution in [-0.2, 0) is 6.42 Å². The second-order valence-corrected chi connectivity index (χ2v) is 6.18. The van der Waals surface area contributed by atoms with E-state index in [0.29, 0.717) is 12.0 Å². The molecule has 0 unspecified atom stereocenters. The van der Waals surface area contributed by atoms with Crippen molar-refractivity contribution >= 4 is 41.3 Å². The molecule has 1 saturated carbocycles. The number of guanidine groups is 1. The van der Waals surface area contributed by atoms with E-state index >= 15 is 0 Å². The first-order valence-electron chi connectivity index (χ1n) is 6.64. The summed E-state index contributed by atoms with van der Waals surface area (Å²) in [6, 6.07) is 0.540. The van der Waals surface area contributed by atoms with E-state index in [4.69, 9.17) is 5.73 Å². The molecule has 1 aliphatic rings. The zero-order valence-electron chi connectivity index (χ0n) is 11.6. The normalized spacial score (nSPS) is 16.4. The first-order chi connectivity index (χ1) is 8.65. The SMILES string of the molecule is Cc1nc(CCN=C(N)NC2CCCC2)sc1C.I. The van der Waals surface area contributed by atoms with Gasteiger partial charge in [0.25, 0.3) is 0 Å². The molecule has 19 heavy (non-hydrogen) atoms. The molecule has 3 N–H and O–H groups in total. The van der Waals surface area contributed by atoms with Crippen LogP contribution in [0.15, 0.2) is 4.99 Å². The van der Waals surface area contributed by atoms with Crippen LogP contribution >= 0.6 is 35.3 Å². The third-order valence-corrected chi connectivity index (χ3v) is 4.52. The number of aliphatic imine (C=N–C) groups is 1. The Bertz CT molecular complexity index is 405. The minimum absolute atomic E-state index is 0. The number of nitrogens with zero attached hydrogens (tertiary/aromatic N) is 2. The number of rotatable bonds is 4. The summed E-state index contributed by atoms with van der Waals surface area (Å²) in [5, 5.41) is 4.45. The molecule has 2 rings (SSSR count). The number of hydrogen-bond acceptors (Lipinski definition) is 3. The largest absolute Gasteiger partial charge is 0.370 e. The Hall–Kier alpha value is -0.370. The van der Waals surface area contributed by atoms with Crippen molar-refractivity contribution in [3.05, 3.63) is 15.6 Å². The van der Waals surface area contributed by atoms with Gasteiger partial charge in [0.05, 0.1) is 10.7 Å². The number of hydrogen-bond donors (Lipinski definition) is 2. The van der Waals surface area contributed by atoms with E-state index in [9.17, 15) is 0 Å². The molecule has 1 fully saturated rings. The molecule has 1 aromatic heterocycles. The summed E-state index contributed by atoms with van der Waals surface area (Å²) >= 11 is 1.76. The first-order valence-corrected chi connectivity index (χ1v) is 7.46. The highest BCUT2D eigenvalue weighted by Gasteiger charge is 2.14. The van der Waals surface area contributed by atoms with E-state index in [2.05, 4.69) is 29.1 Å². The Morgan fingerprint density at radius 1 is 1.42 bits per heavy atom. The summed E-state index contributed by atoms with van der Waals surface area (Å²) in [6.45, 7) is 4.88. The molecule has 0 bridgehead atoms. The van der Waals surface area contributed by atoms with Crippen molar-refractivity contribution in [1.82, 2.24) is 10.3 Å². The van der Waals surface area contributed by atoms with Crippen molar-refractivity contribution in [2.24, 2.45) is 10.7 Å². The smallest absolute Gasteiger partial charge is 0.188 e. The minimum Gasteiger partial charge on any atom is -0.370 e. The molecule has 6 heteroatoms. The van der Waals surface area contributed by atoms with Crippen LogP contribution < -0.4 is 11.1 Å². The Balaban J connectivity index is 0.00000180. The number of aromatic nitrogens is 1. The number of thiazole rings is 1. The van der Waals surface area contributed by atoms with Crippen LogP contribution in [-0.4, -0.2) is 23.5 Å². The van der Waals surface area contributed by atoms with Crippen LogP contribution in [0.1, 0.15) is 41.3 Å². The summed E-state index contributed by atoms with van der Waals surface area (Å²) in [6.07, 6.45) is 5.94. The average molecular weight is 394 g/mol. The molecule has 0 spiro atoms. The maximum Gasteiger partial charge on any atom is 0.188 e. The molecule has 4 nitrogen and oxygen atoms in total. The molecule has 1 heterocycles. The van der Waals surface area contributed by atoms with Crippen molar-refractivity contribution in [3.63, 3.8) is 0 Å². The molecule has 0 saturated heterocycles. The topological polar surface area (TPSA) is 63.3 Å². The van der Waals surface area contributed by atoms with Crippen LogP contribution in [0.3, 0.4) is 0 Å². The molecule has 0 radical (unpaired) electrons. The lowest BCUT2D eigenvalue weighted by Gasteiger charge is -2.11. The van der Waals surface area contributed by atoms with Gasteiger partial charge in [0.15, 0.2) is 5.96 Å². The molecule has 0 aliphatic heterocycles. The number of aryl methyl sites for hydroxylation is 2. The minimum atomic E-state index is 0. The fourth-order valence-electron chi connectivity index (χ4n) is 2.24. The third-order valence-electron chi connectivity index (χ3n) is 3.39.